The number of benzene rings is 2. The predicted molar refractivity (Wildman–Crippen MR) is 140 cm³/mol. The van der Waals surface area contributed by atoms with Crippen molar-refractivity contribution in [3.05, 3.63) is 69.8 Å². The van der Waals surface area contributed by atoms with E-state index in [1.54, 1.807) is 0 Å². The quantitative estimate of drug-likeness (QED) is 0.236. The normalized spacial score (nSPS) is 17.1. The highest BCUT2D eigenvalue weighted by Gasteiger charge is 2.38. The molecule has 1 saturated heterocycles. The third-order valence-electron chi connectivity index (χ3n) is 7.66. The van der Waals surface area contributed by atoms with Crippen LogP contribution in [-0.2, 0) is 38.7 Å². The zero-order chi connectivity index (χ0) is 32.7. The Kier molecular flexibility index (Phi) is 9.25. The summed E-state index contributed by atoms with van der Waals surface area (Å²) in [5.41, 5.74) is -5.31. The summed E-state index contributed by atoms with van der Waals surface area (Å²) in [6.45, 7) is 2.96. The Labute approximate surface area is 246 Å². The van der Waals surface area contributed by atoms with Crippen molar-refractivity contribution in [3.8, 4) is 0 Å². The molecule has 1 fully saturated rings. The number of halogens is 10. The molecule has 242 valence electrons. The van der Waals surface area contributed by atoms with Crippen molar-refractivity contribution in [2.45, 2.75) is 76.4 Å². The van der Waals surface area contributed by atoms with Crippen LogP contribution in [0.4, 0.5) is 49.9 Å². The van der Waals surface area contributed by atoms with Gasteiger partial charge in [-0.3, -0.25) is 4.90 Å². The Morgan fingerprint density at radius 2 is 1.41 bits per heavy atom. The molecule has 0 aliphatic carbocycles. The van der Waals surface area contributed by atoms with E-state index < -0.39 is 65.6 Å². The molecule has 0 radical (unpaired) electrons. The van der Waals surface area contributed by atoms with Crippen LogP contribution in [0.25, 0.3) is 0 Å². The van der Waals surface area contributed by atoms with Crippen molar-refractivity contribution in [1.29, 1.82) is 0 Å². The van der Waals surface area contributed by atoms with Crippen LogP contribution < -0.4 is 4.90 Å². The lowest BCUT2D eigenvalue weighted by Gasteiger charge is -2.40. The second kappa shape index (κ2) is 12.2. The zero-order valence-corrected chi connectivity index (χ0v) is 24.0. The first-order valence-electron chi connectivity index (χ1n) is 13.7. The van der Waals surface area contributed by atoms with E-state index in [1.165, 1.54) is 24.9 Å². The number of tetrazole rings is 1. The highest BCUT2D eigenvalue weighted by molar-refractivity contribution is 5.42. The maximum absolute atomic E-state index is 14.5. The summed E-state index contributed by atoms with van der Waals surface area (Å²) >= 11 is 0. The minimum atomic E-state index is -5.10. The standard InChI is InChI=1S/C28H30F10N6/c1-4-23(43-9-7-25(2,29)8-10-43)22-6-5-19(26(30,31)32)13-18(22)16-44(24-39-41-42(3)40-24)15-17-11-20(27(33,34)35)14-21(12-17)28(36,37)38/h5-6,11-14,23H,4,7-10,15-16H2,1-3H3. The molecule has 1 unspecified atom stereocenters. The Bertz CT molecular complexity index is 1400. The van der Waals surface area contributed by atoms with Crippen LogP contribution in [0, 0.1) is 0 Å². The van der Waals surface area contributed by atoms with E-state index in [0.717, 1.165) is 16.9 Å². The summed E-state index contributed by atoms with van der Waals surface area (Å²) in [5.74, 6) is -0.221. The van der Waals surface area contributed by atoms with Gasteiger partial charge in [0.25, 0.3) is 5.95 Å². The molecule has 0 spiro atoms. The van der Waals surface area contributed by atoms with E-state index in [4.69, 9.17) is 0 Å². The summed E-state index contributed by atoms with van der Waals surface area (Å²) in [6.07, 6.45) is -14.1. The molecule has 1 aliphatic heterocycles. The molecule has 44 heavy (non-hydrogen) atoms. The number of piperidine rings is 1. The molecule has 3 aromatic rings. The first-order valence-corrected chi connectivity index (χ1v) is 13.7. The van der Waals surface area contributed by atoms with E-state index in [2.05, 4.69) is 15.4 Å². The van der Waals surface area contributed by atoms with Gasteiger partial charge in [-0.25, -0.2) is 4.39 Å². The van der Waals surface area contributed by atoms with Crippen molar-refractivity contribution >= 4 is 5.95 Å². The lowest BCUT2D eigenvalue weighted by Crippen LogP contribution is -2.42. The summed E-state index contributed by atoms with van der Waals surface area (Å²) in [6, 6.07) is 3.77. The van der Waals surface area contributed by atoms with Crippen LogP contribution in [0.3, 0.4) is 0 Å². The minimum Gasteiger partial charge on any atom is -0.330 e. The van der Waals surface area contributed by atoms with E-state index in [9.17, 15) is 43.9 Å². The molecule has 1 aliphatic rings. The molecular formula is C28H30F10N6. The van der Waals surface area contributed by atoms with Gasteiger partial charge in [0.05, 0.1) is 23.7 Å². The molecule has 16 heteroatoms. The maximum Gasteiger partial charge on any atom is 0.416 e. The van der Waals surface area contributed by atoms with Crippen LogP contribution in [0.15, 0.2) is 36.4 Å². The fourth-order valence-electron chi connectivity index (χ4n) is 5.36. The fraction of sp³-hybridized carbons (Fsp3) is 0.536. The molecular weight excluding hydrogens is 610 g/mol. The Hall–Kier alpha value is -3.43. The van der Waals surface area contributed by atoms with Crippen LogP contribution in [0.2, 0.25) is 0 Å². The SMILES string of the molecule is CCC(c1ccc(C(F)(F)F)cc1CN(Cc1cc(C(F)(F)F)cc(C(F)(F)F)c1)c1nnn(C)n1)N1CCC(C)(F)CC1. The van der Waals surface area contributed by atoms with Gasteiger partial charge in [0.1, 0.15) is 5.67 Å². The van der Waals surface area contributed by atoms with Gasteiger partial charge in [-0.05, 0) is 78.4 Å². The summed E-state index contributed by atoms with van der Waals surface area (Å²) in [5, 5.41) is 11.5. The van der Waals surface area contributed by atoms with E-state index >= 15 is 0 Å². The number of likely N-dealkylation sites (tertiary alicyclic amines) is 1. The van der Waals surface area contributed by atoms with E-state index in [-0.39, 0.29) is 30.4 Å². The number of hydrogen-bond donors (Lipinski definition) is 0. The predicted octanol–water partition coefficient (Wildman–Crippen LogP) is 7.75. The van der Waals surface area contributed by atoms with Crippen LogP contribution in [0.5, 0.6) is 0 Å². The van der Waals surface area contributed by atoms with Gasteiger partial charge >= 0.3 is 18.5 Å². The molecule has 1 aromatic heterocycles. The second-order valence-corrected chi connectivity index (χ2v) is 11.1. The van der Waals surface area contributed by atoms with Gasteiger partial charge in [-0.2, -0.15) is 44.3 Å². The summed E-state index contributed by atoms with van der Waals surface area (Å²) in [4.78, 5) is 4.13. The van der Waals surface area contributed by atoms with Gasteiger partial charge in [0.15, 0.2) is 0 Å². The van der Waals surface area contributed by atoms with Crippen LogP contribution >= 0.6 is 0 Å². The molecule has 0 saturated carbocycles. The van der Waals surface area contributed by atoms with Gasteiger partial charge in [0.2, 0.25) is 0 Å². The zero-order valence-electron chi connectivity index (χ0n) is 24.0. The van der Waals surface area contributed by atoms with Crippen molar-refractivity contribution in [2.75, 3.05) is 18.0 Å². The molecule has 0 N–H and O–H groups in total. The molecule has 0 bridgehead atoms. The summed E-state index contributed by atoms with van der Waals surface area (Å²) < 4.78 is 137. The van der Waals surface area contributed by atoms with Gasteiger partial charge in [-0.1, -0.05) is 18.1 Å². The molecule has 0 amide bonds. The highest BCUT2D eigenvalue weighted by Crippen LogP contribution is 2.39. The molecule has 1 atom stereocenters. The minimum absolute atomic E-state index is 0.00775. The van der Waals surface area contributed by atoms with E-state index in [1.807, 2.05) is 11.8 Å². The van der Waals surface area contributed by atoms with E-state index in [0.29, 0.717) is 37.2 Å². The van der Waals surface area contributed by atoms with Crippen molar-refractivity contribution in [3.63, 3.8) is 0 Å². The molecule has 2 aromatic carbocycles. The fourth-order valence-corrected chi connectivity index (χ4v) is 5.36. The van der Waals surface area contributed by atoms with Crippen LogP contribution in [-0.4, -0.2) is 43.9 Å². The second-order valence-electron chi connectivity index (χ2n) is 11.1. The maximum atomic E-state index is 14.5. The van der Waals surface area contributed by atoms with Gasteiger partial charge < -0.3 is 4.90 Å². The van der Waals surface area contributed by atoms with Gasteiger partial charge in [0, 0.05) is 32.2 Å². The van der Waals surface area contributed by atoms with Gasteiger partial charge in [-0.15, -0.1) is 5.10 Å². The van der Waals surface area contributed by atoms with Crippen molar-refractivity contribution < 1.29 is 43.9 Å². The largest absolute Gasteiger partial charge is 0.416 e. The van der Waals surface area contributed by atoms with Crippen molar-refractivity contribution in [1.82, 2.24) is 25.1 Å². The topological polar surface area (TPSA) is 50.1 Å². The number of aryl methyl sites for hydroxylation is 1. The Morgan fingerprint density at radius 1 is 0.841 bits per heavy atom. The van der Waals surface area contributed by atoms with Crippen molar-refractivity contribution in [2.24, 2.45) is 7.05 Å². The Balaban J connectivity index is 1.80. The molecule has 6 nitrogen and oxygen atoms in total. The van der Waals surface area contributed by atoms with Crippen LogP contribution in [0.1, 0.15) is 72.5 Å². The number of anilines is 1. The molecule has 2 heterocycles. The summed E-state index contributed by atoms with van der Waals surface area (Å²) in [7, 11) is 1.37. The monoisotopic (exact) mass is 640 g/mol. The lowest BCUT2D eigenvalue weighted by atomic mass is 9.90. The first kappa shape index (κ1) is 33.5. The number of alkyl halides is 10. The number of hydrogen-bond acceptors (Lipinski definition) is 5. The third-order valence-corrected chi connectivity index (χ3v) is 7.66. The number of rotatable bonds is 8. The number of nitrogens with zero attached hydrogens (tertiary/aromatic N) is 6. The smallest absolute Gasteiger partial charge is 0.330 e. The first-order chi connectivity index (χ1) is 20.3. The molecule has 4 rings (SSSR count). The highest BCUT2D eigenvalue weighted by atomic mass is 19.4. The third kappa shape index (κ3) is 7.99. The number of aromatic nitrogens is 4. The average Bonchev–Trinajstić information content (AvgIpc) is 3.34. The Morgan fingerprint density at radius 3 is 1.89 bits per heavy atom. The average molecular weight is 641 g/mol. The lowest BCUT2D eigenvalue weighted by molar-refractivity contribution is -0.143.